The highest BCUT2D eigenvalue weighted by Crippen LogP contribution is 2.23. The molecule has 1 amide bonds. The molecule has 0 atom stereocenters. The zero-order valence-corrected chi connectivity index (χ0v) is 15.6. The van der Waals surface area contributed by atoms with Crippen molar-refractivity contribution in [3.8, 4) is 0 Å². The van der Waals surface area contributed by atoms with Gasteiger partial charge in [-0.1, -0.05) is 48.3 Å². The van der Waals surface area contributed by atoms with Crippen molar-refractivity contribution in [2.24, 2.45) is 0 Å². The lowest BCUT2D eigenvalue weighted by Gasteiger charge is -2.09. The third kappa shape index (κ3) is 4.96. The lowest BCUT2D eigenvalue weighted by molar-refractivity contribution is -0.124. The van der Waals surface area contributed by atoms with Crippen LogP contribution < -0.4 is 5.32 Å². The fourth-order valence-electron chi connectivity index (χ4n) is 2.14. The van der Waals surface area contributed by atoms with Gasteiger partial charge in [0.15, 0.2) is 12.4 Å². The van der Waals surface area contributed by atoms with Crippen LogP contribution in [0.1, 0.15) is 47.1 Å². The van der Waals surface area contributed by atoms with E-state index >= 15 is 0 Å². The molecule has 1 aromatic carbocycles. The van der Waals surface area contributed by atoms with Gasteiger partial charge in [0, 0.05) is 22.5 Å². The molecule has 0 aliphatic carbocycles. The van der Waals surface area contributed by atoms with E-state index in [2.05, 4.69) is 10.5 Å². The van der Waals surface area contributed by atoms with Gasteiger partial charge in [0.25, 0.3) is 5.91 Å². The first-order chi connectivity index (χ1) is 11.8. The Morgan fingerprint density at radius 2 is 2.04 bits per heavy atom. The Morgan fingerprint density at radius 1 is 1.32 bits per heavy atom. The van der Waals surface area contributed by atoms with Crippen LogP contribution in [0.2, 0.25) is 10.0 Å². The Labute approximate surface area is 155 Å². The zero-order valence-electron chi connectivity index (χ0n) is 14.1. The Balaban J connectivity index is 1.90. The molecule has 1 aromatic heterocycles. The first kappa shape index (κ1) is 19.3. The summed E-state index contributed by atoms with van der Waals surface area (Å²) in [5, 5.41) is 7.37. The van der Waals surface area contributed by atoms with E-state index in [4.69, 9.17) is 32.5 Å². The van der Waals surface area contributed by atoms with E-state index in [-0.39, 0.29) is 18.0 Å². The Hall–Kier alpha value is -2.05. The number of nitrogens with one attached hydrogen (secondary N) is 1. The average Bonchev–Trinajstić information content (AvgIpc) is 2.93. The molecule has 6 nitrogen and oxygen atoms in total. The van der Waals surface area contributed by atoms with Crippen LogP contribution in [0.5, 0.6) is 0 Å². The van der Waals surface area contributed by atoms with Crippen LogP contribution in [0, 0.1) is 6.92 Å². The van der Waals surface area contributed by atoms with Crippen LogP contribution >= 0.6 is 23.2 Å². The van der Waals surface area contributed by atoms with Crippen molar-refractivity contribution in [1.29, 1.82) is 0 Å². The van der Waals surface area contributed by atoms with Gasteiger partial charge in [0.2, 0.25) is 0 Å². The number of carbonyl (C=O) groups excluding carboxylic acids is 2. The van der Waals surface area contributed by atoms with Gasteiger partial charge in [-0.25, -0.2) is 4.79 Å². The topological polar surface area (TPSA) is 81.4 Å². The highest BCUT2D eigenvalue weighted by Gasteiger charge is 2.24. The number of hydrogen-bond donors (Lipinski definition) is 1. The fourth-order valence-corrected chi connectivity index (χ4v) is 2.62. The molecule has 25 heavy (non-hydrogen) atoms. The quantitative estimate of drug-likeness (QED) is 0.763. The molecule has 0 aliphatic heterocycles. The highest BCUT2D eigenvalue weighted by atomic mass is 35.5. The van der Waals surface area contributed by atoms with Gasteiger partial charge in [0.05, 0.1) is 5.69 Å². The van der Waals surface area contributed by atoms with Gasteiger partial charge < -0.3 is 14.6 Å². The van der Waals surface area contributed by atoms with E-state index < -0.39 is 18.5 Å². The number of aryl methyl sites for hydroxylation is 1. The second-order valence-electron chi connectivity index (χ2n) is 5.75. The van der Waals surface area contributed by atoms with Crippen molar-refractivity contribution in [1.82, 2.24) is 10.5 Å². The van der Waals surface area contributed by atoms with Gasteiger partial charge in [-0.15, -0.1) is 0 Å². The number of rotatable bonds is 6. The van der Waals surface area contributed by atoms with Gasteiger partial charge in [-0.2, -0.15) is 0 Å². The predicted molar refractivity (Wildman–Crippen MR) is 93.9 cm³/mol. The monoisotopic (exact) mass is 384 g/mol. The van der Waals surface area contributed by atoms with E-state index in [1.807, 2.05) is 13.8 Å². The molecule has 0 spiro atoms. The van der Waals surface area contributed by atoms with Crippen molar-refractivity contribution in [3.05, 3.63) is 50.8 Å². The van der Waals surface area contributed by atoms with Gasteiger partial charge in [0.1, 0.15) is 5.56 Å². The number of halogens is 2. The Morgan fingerprint density at radius 3 is 2.68 bits per heavy atom. The van der Waals surface area contributed by atoms with Crippen LogP contribution in [0.4, 0.5) is 0 Å². The minimum atomic E-state index is -0.637. The molecule has 0 saturated carbocycles. The first-order valence-corrected chi connectivity index (χ1v) is 8.39. The molecule has 0 aliphatic rings. The normalized spacial score (nSPS) is 10.8. The molecule has 0 fully saturated rings. The van der Waals surface area contributed by atoms with Crippen molar-refractivity contribution in [2.45, 2.75) is 33.2 Å². The van der Waals surface area contributed by atoms with Crippen LogP contribution in [-0.4, -0.2) is 23.6 Å². The summed E-state index contributed by atoms with van der Waals surface area (Å²) in [7, 11) is 0. The largest absolute Gasteiger partial charge is 0.452 e. The second-order valence-corrected chi connectivity index (χ2v) is 6.59. The summed E-state index contributed by atoms with van der Waals surface area (Å²) < 4.78 is 10.2. The van der Waals surface area contributed by atoms with Gasteiger partial charge in [-0.3, -0.25) is 4.79 Å². The maximum Gasteiger partial charge on any atom is 0.344 e. The Bertz CT molecular complexity index is 787. The highest BCUT2D eigenvalue weighted by molar-refractivity contribution is 6.35. The molecular weight excluding hydrogens is 367 g/mol. The molecule has 0 radical (unpaired) electrons. The molecular formula is C17H18Cl2N2O4. The van der Waals surface area contributed by atoms with Gasteiger partial charge >= 0.3 is 5.97 Å². The van der Waals surface area contributed by atoms with Gasteiger partial charge in [-0.05, 0) is 24.6 Å². The lowest BCUT2D eigenvalue weighted by Crippen LogP contribution is -2.28. The molecule has 1 heterocycles. The van der Waals surface area contributed by atoms with Crippen molar-refractivity contribution >= 4 is 35.1 Å². The minimum Gasteiger partial charge on any atom is -0.452 e. The van der Waals surface area contributed by atoms with Crippen molar-refractivity contribution in [3.63, 3.8) is 0 Å². The number of ether oxygens (including phenoxy) is 1. The second kappa shape index (κ2) is 8.36. The Kier molecular flexibility index (Phi) is 6.45. The molecule has 0 saturated heterocycles. The number of amides is 1. The summed E-state index contributed by atoms with van der Waals surface area (Å²) in [6, 6.07) is 4.98. The molecule has 1 N–H and O–H groups in total. The third-order valence-corrected chi connectivity index (χ3v) is 4.03. The molecule has 2 rings (SSSR count). The maximum absolute atomic E-state index is 12.2. The number of esters is 1. The number of hydrogen-bond acceptors (Lipinski definition) is 5. The van der Waals surface area contributed by atoms with E-state index in [9.17, 15) is 9.59 Å². The summed E-state index contributed by atoms with van der Waals surface area (Å²) in [6.45, 7) is 5.19. The van der Waals surface area contributed by atoms with Crippen molar-refractivity contribution < 1.29 is 18.8 Å². The van der Waals surface area contributed by atoms with E-state index in [0.29, 0.717) is 27.1 Å². The van der Waals surface area contributed by atoms with Crippen molar-refractivity contribution in [2.75, 3.05) is 6.61 Å². The zero-order chi connectivity index (χ0) is 18.6. The number of aromatic nitrogens is 1. The smallest absolute Gasteiger partial charge is 0.344 e. The van der Waals surface area contributed by atoms with E-state index in [1.165, 1.54) is 0 Å². The summed E-state index contributed by atoms with van der Waals surface area (Å²) in [5.41, 5.74) is 1.41. The third-order valence-electron chi connectivity index (χ3n) is 3.44. The molecule has 0 bridgehead atoms. The number of carbonyl (C=O) groups is 2. The van der Waals surface area contributed by atoms with Crippen LogP contribution in [-0.2, 0) is 16.1 Å². The number of nitrogens with zero attached hydrogens (tertiary/aromatic N) is 1. The van der Waals surface area contributed by atoms with E-state index in [0.717, 1.165) is 0 Å². The number of benzene rings is 1. The summed E-state index contributed by atoms with van der Waals surface area (Å²) >= 11 is 11.9. The average molecular weight is 385 g/mol. The molecule has 0 unspecified atom stereocenters. The maximum atomic E-state index is 12.2. The summed E-state index contributed by atoms with van der Waals surface area (Å²) in [6.07, 6.45) is 0. The molecule has 2 aromatic rings. The standard InChI is InChI=1S/C17H18Cl2N2O4/c1-9(2)16-15(10(3)21-25-16)17(23)24-8-14(22)20-7-11-4-5-12(18)6-13(11)19/h4-6,9H,7-8H2,1-3H3,(H,20,22). The summed E-state index contributed by atoms with van der Waals surface area (Å²) in [4.78, 5) is 24.1. The molecule has 134 valence electrons. The molecule has 8 heteroatoms. The van der Waals surface area contributed by atoms with Crippen LogP contribution in [0.15, 0.2) is 22.7 Å². The SMILES string of the molecule is Cc1noc(C(C)C)c1C(=O)OCC(=O)NCc1ccc(Cl)cc1Cl. The first-order valence-electron chi connectivity index (χ1n) is 7.63. The van der Waals surface area contributed by atoms with Crippen LogP contribution in [0.25, 0.3) is 0 Å². The van der Waals surface area contributed by atoms with E-state index in [1.54, 1.807) is 25.1 Å². The minimum absolute atomic E-state index is 0.0235. The fraction of sp³-hybridized carbons (Fsp3) is 0.353. The lowest BCUT2D eigenvalue weighted by atomic mass is 10.1. The predicted octanol–water partition coefficient (Wildman–Crippen LogP) is 3.89. The van der Waals surface area contributed by atoms with Crippen LogP contribution in [0.3, 0.4) is 0 Å². The summed E-state index contributed by atoms with van der Waals surface area (Å²) in [5.74, 6) is -0.665.